The third-order valence-electron chi connectivity index (χ3n) is 21.8. The van der Waals surface area contributed by atoms with Crippen molar-refractivity contribution in [2.75, 3.05) is 9.80 Å². The van der Waals surface area contributed by atoms with E-state index in [0.29, 0.717) is 0 Å². The summed E-state index contributed by atoms with van der Waals surface area (Å²) in [4.78, 5) is 4.89. The molecule has 0 aliphatic carbocycles. The monoisotopic (exact) mass is 1350 g/mol. The Balaban J connectivity index is 0.832. The van der Waals surface area contributed by atoms with Crippen LogP contribution >= 0.6 is 0 Å². The van der Waals surface area contributed by atoms with Gasteiger partial charge in [0.25, 0.3) is 0 Å². The third kappa shape index (κ3) is 10.6. The van der Waals surface area contributed by atoms with Gasteiger partial charge in [0, 0.05) is 100.0 Å². The number of anilines is 6. The summed E-state index contributed by atoms with van der Waals surface area (Å²) >= 11 is 0. The van der Waals surface area contributed by atoms with Gasteiger partial charge in [0.2, 0.25) is 0 Å². The molecule has 508 valence electrons. The molecule has 18 aromatic rings. The van der Waals surface area contributed by atoms with Crippen molar-refractivity contribution in [1.82, 2.24) is 18.3 Å². The van der Waals surface area contributed by atoms with Crippen LogP contribution in [0.5, 0.6) is 0 Å². The van der Waals surface area contributed by atoms with Crippen molar-refractivity contribution < 1.29 is 0 Å². The Labute approximate surface area is 609 Å². The van der Waals surface area contributed by atoms with E-state index >= 15 is 0 Å². The van der Waals surface area contributed by atoms with Crippen LogP contribution in [0.1, 0.15) is 105 Å². The summed E-state index contributed by atoms with van der Waals surface area (Å²) in [6.45, 7) is 27.9. The van der Waals surface area contributed by atoms with Crippen LogP contribution < -0.4 is 9.80 Å². The van der Waals surface area contributed by atoms with E-state index in [1.165, 1.54) is 98.5 Å². The zero-order valence-electron chi connectivity index (χ0n) is 61.6. The molecule has 0 spiro atoms. The van der Waals surface area contributed by atoms with E-state index in [1.54, 1.807) is 0 Å². The van der Waals surface area contributed by atoms with Crippen LogP contribution in [-0.2, 0) is 21.7 Å². The minimum Gasteiger partial charge on any atom is -0.310 e. The van der Waals surface area contributed by atoms with E-state index in [9.17, 15) is 0 Å². The van der Waals surface area contributed by atoms with Crippen molar-refractivity contribution in [3.8, 4) is 22.7 Å². The van der Waals surface area contributed by atoms with Crippen molar-refractivity contribution in [3.05, 3.63) is 326 Å². The molecule has 14 aromatic carbocycles. The number of para-hydroxylation sites is 6. The molecule has 0 bridgehead atoms. The first-order chi connectivity index (χ1) is 50.1. The molecule has 0 atom stereocenters. The topological polar surface area (TPSA) is 26.2 Å². The van der Waals surface area contributed by atoms with Crippen molar-refractivity contribution >= 4 is 132 Å². The molecule has 0 unspecified atom stereocenters. The van der Waals surface area contributed by atoms with Crippen molar-refractivity contribution in [2.24, 2.45) is 0 Å². The lowest BCUT2D eigenvalue weighted by atomic mass is 9.80. The van der Waals surface area contributed by atoms with Crippen LogP contribution in [0.3, 0.4) is 0 Å². The fourth-order valence-corrected chi connectivity index (χ4v) is 16.4. The maximum absolute atomic E-state index is 2.51. The molecule has 0 N–H and O–H groups in total. The second-order valence-corrected chi connectivity index (χ2v) is 32.7. The van der Waals surface area contributed by atoms with Gasteiger partial charge in [-0.15, -0.1) is 0 Å². The van der Waals surface area contributed by atoms with Crippen molar-refractivity contribution in [3.63, 3.8) is 0 Å². The lowest BCUT2D eigenvalue weighted by Gasteiger charge is -2.27. The van der Waals surface area contributed by atoms with Crippen LogP contribution in [0.15, 0.2) is 303 Å². The highest BCUT2D eigenvalue weighted by Gasteiger charge is 2.29. The fourth-order valence-electron chi connectivity index (χ4n) is 16.4. The Kier molecular flexibility index (Phi) is 14.7. The summed E-state index contributed by atoms with van der Waals surface area (Å²) in [6, 6.07) is 114. The van der Waals surface area contributed by atoms with Gasteiger partial charge in [-0.25, -0.2) is 0 Å². The Hall–Kier alpha value is -11.9. The van der Waals surface area contributed by atoms with Gasteiger partial charge in [-0.3, -0.25) is 0 Å². The van der Waals surface area contributed by atoms with Crippen LogP contribution in [0.4, 0.5) is 34.1 Å². The molecule has 0 saturated heterocycles. The predicted molar refractivity (Wildman–Crippen MR) is 445 cm³/mol. The first-order valence-electron chi connectivity index (χ1n) is 36.8. The van der Waals surface area contributed by atoms with Crippen LogP contribution in [0.2, 0.25) is 0 Å². The number of aromatic nitrogens is 4. The lowest BCUT2D eigenvalue weighted by Crippen LogP contribution is -2.17. The SMILES string of the molecule is CC(C)(C)c1cc(-n2c3ccccc3c3ccc(N(c4ccccc4)c4ccc5c6c7ccc8c(c7ccc6n(-c6ccccc6)c5c4)c4ccc(N(c5ccccc5)c5ccc6c7ccccc7n(-c7cc(C(C)(C)C)cc(C(C)(C)C)c7)c6c5)cc4n8-c4ccccc4)cc32)cc(C(C)(C)C)c1. The Bertz CT molecular complexity index is 5970. The first kappa shape index (κ1) is 64.3. The summed E-state index contributed by atoms with van der Waals surface area (Å²) < 4.78 is 9.98. The molecule has 4 aromatic heterocycles. The maximum atomic E-state index is 2.51. The van der Waals surface area contributed by atoms with E-state index in [2.05, 4.69) is 414 Å². The number of rotatable bonds is 10. The molecule has 0 aliphatic heterocycles. The normalized spacial score (nSPS) is 12.6. The summed E-state index contributed by atoms with van der Waals surface area (Å²) in [6.07, 6.45) is 0. The average Bonchev–Trinajstić information content (AvgIpc) is 1.55. The Morgan fingerprint density at radius 3 is 0.769 bits per heavy atom. The molecule has 0 aliphatic rings. The minimum absolute atomic E-state index is 0.0501. The van der Waals surface area contributed by atoms with Gasteiger partial charge in [0.15, 0.2) is 0 Å². The molecular formula is C98H86N6. The first-order valence-corrected chi connectivity index (χ1v) is 36.8. The van der Waals surface area contributed by atoms with Crippen molar-refractivity contribution in [1.29, 1.82) is 0 Å². The number of hydrogen-bond acceptors (Lipinski definition) is 2. The average molecular weight is 1350 g/mol. The predicted octanol–water partition coefficient (Wildman–Crippen LogP) is 27.4. The zero-order chi connectivity index (χ0) is 71.3. The van der Waals surface area contributed by atoms with E-state index in [0.717, 1.165) is 78.6 Å². The quantitative estimate of drug-likeness (QED) is 0.136. The van der Waals surface area contributed by atoms with Crippen LogP contribution in [0, 0.1) is 0 Å². The number of benzene rings is 14. The number of nitrogens with zero attached hydrogens (tertiary/aromatic N) is 6. The summed E-state index contributed by atoms with van der Waals surface area (Å²) in [5.41, 5.74) is 25.4. The summed E-state index contributed by atoms with van der Waals surface area (Å²) in [5.74, 6) is 0. The number of hydrogen-bond donors (Lipinski definition) is 0. The smallest absolute Gasteiger partial charge is 0.0562 e. The van der Waals surface area contributed by atoms with E-state index in [4.69, 9.17) is 0 Å². The molecule has 104 heavy (non-hydrogen) atoms. The van der Waals surface area contributed by atoms with E-state index < -0.39 is 0 Å². The van der Waals surface area contributed by atoms with Gasteiger partial charge < -0.3 is 28.1 Å². The van der Waals surface area contributed by atoms with E-state index in [-0.39, 0.29) is 21.7 Å². The summed E-state index contributed by atoms with van der Waals surface area (Å²) in [7, 11) is 0. The lowest BCUT2D eigenvalue weighted by molar-refractivity contribution is 0.567. The van der Waals surface area contributed by atoms with Crippen molar-refractivity contribution in [2.45, 2.75) is 105 Å². The molecule has 0 amide bonds. The highest BCUT2D eigenvalue weighted by atomic mass is 15.2. The fraction of sp³-hybridized carbons (Fsp3) is 0.163. The van der Waals surface area contributed by atoms with Gasteiger partial charge in [0.05, 0.1) is 44.1 Å². The molecule has 4 heterocycles. The van der Waals surface area contributed by atoms with Gasteiger partial charge in [0.1, 0.15) is 0 Å². The molecule has 0 radical (unpaired) electrons. The molecule has 0 fully saturated rings. The van der Waals surface area contributed by atoms with Crippen LogP contribution in [0.25, 0.3) is 121 Å². The molecule has 0 saturated carbocycles. The van der Waals surface area contributed by atoms with Gasteiger partial charge in [-0.2, -0.15) is 0 Å². The van der Waals surface area contributed by atoms with Crippen LogP contribution in [-0.4, -0.2) is 18.3 Å². The summed E-state index contributed by atoms with van der Waals surface area (Å²) in [5, 5.41) is 12.2. The van der Waals surface area contributed by atoms with Gasteiger partial charge in [-0.1, -0.05) is 241 Å². The molecule has 18 rings (SSSR count). The molecular weight excluding hydrogens is 1260 g/mol. The largest absolute Gasteiger partial charge is 0.310 e. The number of fused-ring (bicyclic) bond motifs is 15. The maximum Gasteiger partial charge on any atom is 0.0562 e. The second-order valence-electron chi connectivity index (χ2n) is 32.7. The van der Waals surface area contributed by atoms with Gasteiger partial charge in [-0.05, 0) is 200 Å². The molecule has 6 nitrogen and oxygen atoms in total. The van der Waals surface area contributed by atoms with E-state index in [1.807, 2.05) is 0 Å². The molecule has 6 heteroatoms. The third-order valence-corrected chi connectivity index (χ3v) is 21.8. The Morgan fingerprint density at radius 1 is 0.183 bits per heavy atom. The second kappa shape index (κ2) is 23.9. The Morgan fingerprint density at radius 2 is 0.442 bits per heavy atom. The highest BCUT2D eigenvalue weighted by molar-refractivity contribution is 6.30. The zero-order valence-corrected chi connectivity index (χ0v) is 61.6. The minimum atomic E-state index is -0.0501. The standard InChI is InChI=1S/C98H86N6/c1-95(2,3)63-53-64(96(4,5)6)56-75(55-63)103-85-39-27-25-37-77(85)79-45-41-71(59-89(79)103)99(67-29-17-13-18-30-67)73-43-47-83-91(61-73)101(69-33-21-15-22-34-69)87-51-49-82-81(93(83)87)50-52-88-94(82)84-48-44-74(62-92(84)102(88)70-35-23-16-24-36-70)100(68-31-19-14-20-32-68)72-42-46-80-78-38-26-28-40-86(78)104(90(80)60-72)76-57-65(97(7,8)9)54-66(58-76)98(10,11)12/h13-62H,1-12H3. The highest BCUT2D eigenvalue weighted by Crippen LogP contribution is 2.49. The van der Waals surface area contributed by atoms with Gasteiger partial charge >= 0.3 is 0 Å².